The highest BCUT2D eigenvalue weighted by molar-refractivity contribution is 7.90. The maximum atomic E-state index is 12.3. The third-order valence-corrected chi connectivity index (χ3v) is 6.33. The summed E-state index contributed by atoms with van der Waals surface area (Å²) in [6, 6.07) is 12.0. The van der Waals surface area contributed by atoms with Crippen molar-refractivity contribution in [2.75, 3.05) is 0 Å². The SMILES string of the molecule is O=[N+]([O-])c1ccc(S(=O)(=O)N=C2C=CC(=NS(=O)(=O)c3ccccc3)C=C2)cc1. The highest BCUT2D eigenvalue weighted by Crippen LogP contribution is 2.18. The summed E-state index contributed by atoms with van der Waals surface area (Å²) in [4.78, 5) is 9.85. The Bertz CT molecular complexity index is 1260. The van der Waals surface area contributed by atoms with Crippen LogP contribution < -0.4 is 0 Å². The van der Waals surface area contributed by atoms with Crippen molar-refractivity contribution in [3.63, 3.8) is 0 Å². The molecule has 0 bridgehead atoms. The number of non-ortho nitro benzene ring substituents is 1. The number of nitro groups is 1. The molecular weight excluding hydrogens is 418 g/mol. The number of sulfonamides is 2. The predicted molar refractivity (Wildman–Crippen MR) is 107 cm³/mol. The first-order chi connectivity index (χ1) is 13.7. The van der Waals surface area contributed by atoms with Crippen molar-refractivity contribution in [1.29, 1.82) is 0 Å². The van der Waals surface area contributed by atoms with Gasteiger partial charge in [-0.2, -0.15) is 25.6 Å². The second kappa shape index (κ2) is 7.89. The van der Waals surface area contributed by atoms with E-state index in [1.54, 1.807) is 18.2 Å². The number of allylic oxidation sites excluding steroid dienone is 4. The largest absolute Gasteiger partial charge is 0.282 e. The molecule has 0 N–H and O–H groups in total. The Labute approximate surface area is 166 Å². The zero-order valence-electron chi connectivity index (χ0n) is 14.6. The van der Waals surface area contributed by atoms with Crippen LogP contribution in [0.4, 0.5) is 5.69 Å². The fourth-order valence-corrected chi connectivity index (χ4v) is 4.28. The Morgan fingerprint density at radius 1 is 0.655 bits per heavy atom. The van der Waals surface area contributed by atoms with Crippen LogP contribution in [0.2, 0.25) is 0 Å². The lowest BCUT2D eigenvalue weighted by atomic mass is 10.1. The molecular formula is C18H13N3O6S2. The van der Waals surface area contributed by atoms with Crippen LogP contribution in [0.3, 0.4) is 0 Å². The van der Waals surface area contributed by atoms with E-state index >= 15 is 0 Å². The molecule has 0 atom stereocenters. The van der Waals surface area contributed by atoms with Crippen LogP contribution in [0.5, 0.6) is 0 Å². The third-order valence-electron chi connectivity index (χ3n) is 3.69. The lowest BCUT2D eigenvalue weighted by Gasteiger charge is -2.04. The van der Waals surface area contributed by atoms with Crippen LogP contribution in [-0.2, 0) is 20.0 Å². The molecule has 3 rings (SSSR count). The second-order valence-electron chi connectivity index (χ2n) is 5.71. The van der Waals surface area contributed by atoms with E-state index in [9.17, 15) is 26.9 Å². The Morgan fingerprint density at radius 3 is 1.48 bits per heavy atom. The number of nitrogens with zero attached hydrogens (tertiary/aromatic N) is 3. The van der Waals surface area contributed by atoms with Crippen LogP contribution >= 0.6 is 0 Å². The van der Waals surface area contributed by atoms with Gasteiger partial charge in [0.25, 0.3) is 25.7 Å². The molecule has 29 heavy (non-hydrogen) atoms. The van der Waals surface area contributed by atoms with E-state index in [2.05, 4.69) is 8.80 Å². The first-order valence-electron chi connectivity index (χ1n) is 8.03. The van der Waals surface area contributed by atoms with Gasteiger partial charge in [0.2, 0.25) is 0 Å². The van der Waals surface area contributed by atoms with E-state index in [4.69, 9.17) is 0 Å². The summed E-state index contributed by atoms with van der Waals surface area (Å²) in [5.74, 6) is 0. The molecule has 2 aromatic carbocycles. The summed E-state index contributed by atoms with van der Waals surface area (Å²) in [5.41, 5.74) is -0.0745. The van der Waals surface area contributed by atoms with E-state index in [0.717, 1.165) is 24.3 Å². The van der Waals surface area contributed by atoms with Crippen molar-refractivity contribution in [1.82, 2.24) is 0 Å². The van der Waals surface area contributed by atoms with Gasteiger partial charge >= 0.3 is 0 Å². The number of nitro benzene ring substituents is 1. The normalized spacial score (nSPS) is 13.9. The summed E-state index contributed by atoms with van der Waals surface area (Å²) in [5, 5.41) is 10.7. The average Bonchev–Trinajstić information content (AvgIpc) is 2.70. The molecule has 0 aliphatic heterocycles. The molecule has 0 unspecified atom stereocenters. The molecule has 0 heterocycles. The van der Waals surface area contributed by atoms with E-state index in [1.807, 2.05) is 0 Å². The van der Waals surface area contributed by atoms with Crippen molar-refractivity contribution in [3.8, 4) is 0 Å². The predicted octanol–water partition coefficient (Wildman–Crippen LogP) is 2.68. The molecule has 0 amide bonds. The van der Waals surface area contributed by atoms with E-state index < -0.39 is 25.0 Å². The molecule has 0 fully saturated rings. The van der Waals surface area contributed by atoms with E-state index in [0.29, 0.717) is 0 Å². The van der Waals surface area contributed by atoms with Gasteiger partial charge in [-0.3, -0.25) is 10.1 Å². The lowest BCUT2D eigenvalue weighted by molar-refractivity contribution is -0.384. The molecule has 0 saturated heterocycles. The van der Waals surface area contributed by atoms with Crippen molar-refractivity contribution >= 4 is 37.2 Å². The molecule has 0 radical (unpaired) electrons. The van der Waals surface area contributed by atoms with Gasteiger partial charge in [-0.25, -0.2) is 0 Å². The molecule has 11 heteroatoms. The quantitative estimate of drug-likeness (QED) is 0.405. The topological polar surface area (TPSA) is 136 Å². The fourth-order valence-electron chi connectivity index (χ4n) is 2.29. The van der Waals surface area contributed by atoms with Crippen molar-refractivity contribution in [3.05, 3.63) is 89.0 Å². The molecule has 0 saturated carbocycles. The maximum Gasteiger partial charge on any atom is 0.282 e. The van der Waals surface area contributed by atoms with E-state index in [-0.39, 0.29) is 26.9 Å². The van der Waals surface area contributed by atoms with E-state index in [1.165, 1.54) is 36.4 Å². The van der Waals surface area contributed by atoms with Crippen molar-refractivity contribution in [2.24, 2.45) is 8.80 Å². The molecule has 9 nitrogen and oxygen atoms in total. The average molecular weight is 431 g/mol. The Hall–Kier alpha value is -3.44. The van der Waals surface area contributed by atoms with Crippen LogP contribution in [0.15, 0.2) is 97.5 Å². The van der Waals surface area contributed by atoms with Crippen LogP contribution in [0.25, 0.3) is 0 Å². The molecule has 1 aliphatic rings. The first kappa shape index (κ1) is 20.3. The maximum absolute atomic E-state index is 12.3. The minimum absolute atomic E-state index is 0.0366. The molecule has 148 valence electrons. The van der Waals surface area contributed by atoms with Crippen molar-refractivity contribution < 1.29 is 21.8 Å². The minimum Gasteiger partial charge on any atom is -0.258 e. The van der Waals surface area contributed by atoms with Gasteiger partial charge in [0, 0.05) is 12.1 Å². The number of hydrogen-bond acceptors (Lipinski definition) is 6. The summed E-state index contributed by atoms with van der Waals surface area (Å²) < 4.78 is 56.5. The molecule has 1 aliphatic carbocycles. The number of hydrogen-bond donors (Lipinski definition) is 0. The Kier molecular flexibility index (Phi) is 5.52. The molecule has 2 aromatic rings. The summed E-state index contributed by atoms with van der Waals surface area (Å²) in [7, 11) is -7.99. The van der Waals surface area contributed by atoms with Crippen molar-refractivity contribution in [2.45, 2.75) is 9.79 Å². The minimum atomic E-state index is -4.09. The van der Waals surface area contributed by atoms with Crippen LogP contribution in [0.1, 0.15) is 0 Å². The van der Waals surface area contributed by atoms with Gasteiger partial charge in [0.15, 0.2) is 0 Å². The zero-order valence-corrected chi connectivity index (χ0v) is 16.2. The summed E-state index contributed by atoms with van der Waals surface area (Å²) in [6.07, 6.45) is 5.26. The third kappa shape index (κ3) is 4.89. The highest BCUT2D eigenvalue weighted by Gasteiger charge is 2.17. The Balaban J connectivity index is 1.82. The van der Waals surface area contributed by atoms with Gasteiger partial charge in [-0.15, -0.1) is 0 Å². The van der Waals surface area contributed by atoms with Gasteiger partial charge in [0.1, 0.15) is 0 Å². The zero-order chi connectivity index (χ0) is 21.1. The van der Waals surface area contributed by atoms with Gasteiger partial charge in [-0.05, 0) is 48.6 Å². The summed E-state index contributed by atoms with van der Waals surface area (Å²) >= 11 is 0. The first-order valence-corrected chi connectivity index (χ1v) is 10.9. The van der Waals surface area contributed by atoms with Crippen LogP contribution in [-0.4, -0.2) is 33.2 Å². The second-order valence-corrected chi connectivity index (χ2v) is 8.92. The number of benzene rings is 2. The summed E-state index contributed by atoms with van der Waals surface area (Å²) in [6.45, 7) is 0. The van der Waals surface area contributed by atoms with Crippen LogP contribution in [0, 0.1) is 10.1 Å². The Morgan fingerprint density at radius 2 is 1.07 bits per heavy atom. The monoisotopic (exact) mass is 431 g/mol. The smallest absolute Gasteiger partial charge is 0.258 e. The standard InChI is InChI=1S/C18H13N3O6S2/c22-21(23)16-10-12-18(13-11-16)29(26,27)20-15-8-6-14(7-9-15)19-28(24,25)17-4-2-1-3-5-17/h1-13H. The molecule has 0 aromatic heterocycles. The highest BCUT2D eigenvalue weighted by atomic mass is 32.2. The number of rotatable bonds is 5. The van der Waals surface area contributed by atoms with Gasteiger partial charge in [-0.1, -0.05) is 18.2 Å². The fraction of sp³-hybridized carbons (Fsp3) is 0. The molecule has 0 spiro atoms. The van der Waals surface area contributed by atoms with Gasteiger partial charge in [0.05, 0.1) is 26.1 Å². The lowest BCUT2D eigenvalue weighted by Crippen LogP contribution is -2.07. The van der Waals surface area contributed by atoms with Gasteiger partial charge < -0.3 is 0 Å².